The average Bonchev–Trinajstić information content (AvgIpc) is 2.75. The van der Waals surface area contributed by atoms with Gasteiger partial charge in [-0.3, -0.25) is 4.79 Å². The van der Waals surface area contributed by atoms with Gasteiger partial charge in [-0.2, -0.15) is 0 Å². The van der Waals surface area contributed by atoms with Crippen molar-refractivity contribution in [1.29, 1.82) is 0 Å². The number of aryl methyl sites for hydroxylation is 1. The largest absolute Gasteiger partial charge is 0.481 e. The van der Waals surface area contributed by atoms with Crippen molar-refractivity contribution in [2.75, 3.05) is 0 Å². The van der Waals surface area contributed by atoms with Crippen molar-refractivity contribution in [3.63, 3.8) is 0 Å². The minimum Gasteiger partial charge on any atom is -0.481 e. The van der Waals surface area contributed by atoms with Gasteiger partial charge in [-0.05, 0) is 28.8 Å². The molecule has 0 aliphatic carbocycles. The van der Waals surface area contributed by atoms with Crippen LogP contribution in [0.25, 0.3) is 22.0 Å². The summed E-state index contributed by atoms with van der Waals surface area (Å²) in [5.74, 6) is -0.803. The van der Waals surface area contributed by atoms with Crippen LogP contribution in [0, 0.1) is 0 Å². The number of hydrogen-bond donors (Lipinski definition) is 1. The highest BCUT2D eigenvalue weighted by atomic mass is 16.4. The maximum absolute atomic E-state index is 11.0. The van der Waals surface area contributed by atoms with Gasteiger partial charge < -0.3 is 9.67 Å². The summed E-state index contributed by atoms with van der Waals surface area (Å²) in [4.78, 5) is 11.0. The summed E-state index contributed by atoms with van der Waals surface area (Å²) in [6.07, 6.45) is 1.95. The first-order valence-corrected chi connectivity index (χ1v) is 6.50. The zero-order valence-corrected chi connectivity index (χ0v) is 11.2. The van der Waals surface area contributed by atoms with Crippen molar-refractivity contribution in [1.82, 2.24) is 4.57 Å². The molecule has 0 atom stereocenters. The van der Waals surface area contributed by atoms with Gasteiger partial charge in [-0.1, -0.05) is 36.4 Å². The lowest BCUT2D eigenvalue weighted by Crippen LogP contribution is -1.99. The van der Waals surface area contributed by atoms with Gasteiger partial charge in [0.05, 0.1) is 6.42 Å². The molecule has 1 aromatic heterocycles. The van der Waals surface area contributed by atoms with Crippen LogP contribution in [0.4, 0.5) is 0 Å². The third kappa shape index (κ3) is 2.18. The van der Waals surface area contributed by atoms with Gasteiger partial charge >= 0.3 is 5.97 Å². The number of aliphatic carboxylic acids is 1. The fourth-order valence-corrected chi connectivity index (χ4v) is 2.59. The van der Waals surface area contributed by atoms with Crippen molar-refractivity contribution in [2.24, 2.45) is 7.05 Å². The Balaban J connectivity index is 2.16. The molecule has 2 aromatic carbocycles. The minimum absolute atomic E-state index is 0.0512. The molecular formula is C17H15NO2. The molecule has 3 rings (SSSR count). The summed E-state index contributed by atoms with van der Waals surface area (Å²) in [6, 6.07) is 16.3. The van der Waals surface area contributed by atoms with E-state index >= 15 is 0 Å². The first-order valence-electron chi connectivity index (χ1n) is 6.50. The van der Waals surface area contributed by atoms with Crippen molar-refractivity contribution in [3.05, 3.63) is 60.3 Å². The molecule has 0 fully saturated rings. The van der Waals surface area contributed by atoms with Gasteiger partial charge in [0.15, 0.2) is 0 Å². The van der Waals surface area contributed by atoms with Crippen LogP contribution in [-0.2, 0) is 18.3 Å². The van der Waals surface area contributed by atoms with E-state index in [1.807, 2.05) is 42.1 Å². The highest BCUT2D eigenvalue weighted by Crippen LogP contribution is 2.27. The predicted molar refractivity (Wildman–Crippen MR) is 79.7 cm³/mol. The van der Waals surface area contributed by atoms with Crippen molar-refractivity contribution < 1.29 is 9.90 Å². The van der Waals surface area contributed by atoms with E-state index in [4.69, 9.17) is 5.11 Å². The first kappa shape index (κ1) is 12.5. The van der Waals surface area contributed by atoms with Gasteiger partial charge in [0.1, 0.15) is 0 Å². The Morgan fingerprint density at radius 2 is 1.85 bits per heavy atom. The van der Waals surface area contributed by atoms with Crippen molar-refractivity contribution in [3.8, 4) is 11.1 Å². The van der Waals surface area contributed by atoms with E-state index in [-0.39, 0.29) is 6.42 Å². The highest BCUT2D eigenvalue weighted by molar-refractivity contribution is 5.91. The lowest BCUT2D eigenvalue weighted by molar-refractivity contribution is -0.136. The number of carboxylic acid groups (broad SMARTS) is 1. The van der Waals surface area contributed by atoms with E-state index in [9.17, 15) is 4.79 Å². The molecule has 3 nitrogen and oxygen atoms in total. The van der Waals surface area contributed by atoms with Crippen LogP contribution >= 0.6 is 0 Å². The molecular weight excluding hydrogens is 250 g/mol. The monoisotopic (exact) mass is 265 g/mol. The second kappa shape index (κ2) is 4.85. The zero-order chi connectivity index (χ0) is 14.1. The van der Waals surface area contributed by atoms with Gasteiger partial charge in [0.25, 0.3) is 0 Å². The summed E-state index contributed by atoms with van der Waals surface area (Å²) in [5, 5.41) is 10.0. The van der Waals surface area contributed by atoms with Crippen LogP contribution < -0.4 is 0 Å². The van der Waals surface area contributed by atoms with Crippen molar-refractivity contribution in [2.45, 2.75) is 6.42 Å². The molecule has 20 heavy (non-hydrogen) atoms. The Morgan fingerprint density at radius 3 is 2.55 bits per heavy atom. The van der Waals surface area contributed by atoms with Crippen LogP contribution in [-0.4, -0.2) is 15.6 Å². The van der Waals surface area contributed by atoms with E-state index in [1.54, 1.807) is 0 Å². The molecule has 3 aromatic rings. The summed E-state index contributed by atoms with van der Waals surface area (Å²) in [5.41, 5.74) is 4.16. The predicted octanol–water partition coefficient (Wildman–Crippen LogP) is 3.47. The lowest BCUT2D eigenvalue weighted by atomic mass is 10.0. The molecule has 1 heterocycles. The number of carbonyl (C=O) groups is 1. The average molecular weight is 265 g/mol. The lowest BCUT2D eigenvalue weighted by Gasteiger charge is -2.03. The molecule has 0 saturated heterocycles. The number of aromatic nitrogens is 1. The van der Waals surface area contributed by atoms with Crippen molar-refractivity contribution >= 4 is 16.9 Å². The number of benzene rings is 2. The maximum Gasteiger partial charge on any atom is 0.307 e. The van der Waals surface area contributed by atoms with Gasteiger partial charge in [-0.25, -0.2) is 0 Å². The number of hydrogen-bond acceptors (Lipinski definition) is 1. The SMILES string of the molecule is Cn1cc(CC(=O)O)c2cc(-c3ccccc3)ccc21. The molecule has 0 aliphatic rings. The third-order valence-electron chi connectivity index (χ3n) is 3.52. The number of nitrogens with zero attached hydrogens (tertiary/aromatic N) is 1. The highest BCUT2D eigenvalue weighted by Gasteiger charge is 2.10. The molecule has 3 heteroatoms. The van der Waals surface area contributed by atoms with Crippen LogP contribution in [0.1, 0.15) is 5.56 Å². The van der Waals surface area contributed by atoms with Crippen LogP contribution in [0.3, 0.4) is 0 Å². The van der Waals surface area contributed by atoms with Crippen LogP contribution in [0.5, 0.6) is 0 Å². The fraction of sp³-hybridized carbons (Fsp3) is 0.118. The molecule has 0 amide bonds. The van der Waals surface area contributed by atoms with E-state index in [0.29, 0.717) is 0 Å². The maximum atomic E-state index is 11.0. The summed E-state index contributed by atoms with van der Waals surface area (Å²) >= 11 is 0. The molecule has 0 aliphatic heterocycles. The Hall–Kier alpha value is -2.55. The fourth-order valence-electron chi connectivity index (χ4n) is 2.59. The minimum atomic E-state index is -0.803. The van der Waals surface area contributed by atoms with E-state index in [2.05, 4.69) is 24.3 Å². The van der Waals surface area contributed by atoms with Crippen LogP contribution in [0.15, 0.2) is 54.7 Å². The Kier molecular flexibility index (Phi) is 3.03. The van der Waals surface area contributed by atoms with E-state index < -0.39 is 5.97 Å². The summed E-state index contributed by atoms with van der Waals surface area (Å²) in [7, 11) is 1.94. The zero-order valence-electron chi connectivity index (χ0n) is 11.2. The first-order chi connectivity index (χ1) is 9.65. The topological polar surface area (TPSA) is 42.2 Å². The van der Waals surface area contributed by atoms with Crippen LogP contribution in [0.2, 0.25) is 0 Å². The van der Waals surface area contributed by atoms with E-state index in [0.717, 1.165) is 27.6 Å². The molecule has 0 unspecified atom stereocenters. The van der Waals surface area contributed by atoms with Gasteiger partial charge in [0.2, 0.25) is 0 Å². The van der Waals surface area contributed by atoms with E-state index in [1.165, 1.54) is 0 Å². The second-order valence-corrected chi connectivity index (χ2v) is 4.93. The number of rotatable bonds is 3. The van der Waals surface area contributed by atoms with Gasteiger partial charge in [0, 0.05) is 24.1 Å². The molecule has 0 spiro atoms. The normalized spacial score (nSPS) is 10.8. The Labute approximate surface area is 117 Å². The number of carboxylic acids is 1. The standard InChI is InChI=1S/C17H15NO2/c1-18-11-14(10-17(19)20)15-9-13(7-8-16(15)18)12-5-3-2-4-6-12/h2-9,11H,10H2,1H3,(H,19,20). The summed E-state index contributed by atoms with van der Waals surface area (Å²) in [6.45, 7) is 0. The molecule has 0 bridgehead atoms. The molecule has 0 radical (unpaired) electrons. The second-order valence-electron chi connectivity index (χ2n) is 4.93. The molecule has 0 saturated carbocycles. The molecule has 100 valence electrons. The molecule has 1 N–H and O–H groups in total. The third-order valence-corrected chi connectivity index (χ3v) is 3.52. The summed E-state index contributed by atoms with van der Waals surface area (Å²) < 4.78 is 1.97. The Bertz CT molecular complexity index is 772. The smallest absolute Gasteiger partial charge is 0.307 e. The Morgan fingerprint density at radius 1 is 1.10 bits per heavy atom. The quantitative estimate of drug-likeness (QED) is 0.788. The number of fused-ring (bicyclic) bond motifs is 1. The van der Waals surface area contributed by atoms with Gasteiger partial charge in [-0.15, -0.1) is 0 Å².